The fraction of sp³-hybridized carbons (Fsp3) is 0.364. The maximum Gasteiger partial charge on any atom is 0.272 e. The van der Waals surface area contributed by atoms with E-state index in [1.165, 1.54) is 0 Å². The van der Waals surface area contributed by atoms with Crippen LogP contribution in [-0.2, 0) is 4.79 Å². The molecule has 0 bridgehead atoms. The van der Waals surface area contributed by atoms with Crippen LogP contribution in [0.3, 0.4) is 0 Å². The predicted octanol–water partition coefficient (Wildman–Crippen LogP) is 2.46. The van der Waals surface area contributed by atoms with Crippen LogP contribution in [0.25, 0.3) is 22.0 Å². The average Bonchev–Trinajstić information content (AvgIpc) is 3.54. The van der Waals surface area contributed by atoms with Gasteiger partial charge in [0.2, 0.25) is 5.91 Å². The Labute approximate surface area is 173 Å². The van der Waals surface area contributed by atoms with Gasteiger partial charge in [0.1, 0.15) is 0 Å². The van der Waals surface area contributed by atoms with Crippen LogP contribution in [0.4, 0.5) is 5.69 Å². The molecular weight excluding hydrogens is 380 g/mol. The van der Waals surface area contributed by atoms with E-state index in [2.05, 4.69) is 31.1 Å². The zero-order chi connectivity index (χ0) is 20.5. The number of piperidine rings is 1. The molecular formula is C22H24N6O2. The van der Waals surface area contributed by atoms with E-state index >= 15 is 0 Å². The summed E-state index contributed by atoms with van der Waals surface area (Å²) in [5.74, 6) is 0.0296. The number of carbonyl (C=O) groups is 2. The lowest BCUT2D eigenvalue weighted by atomic mass is 10.0. The normalized spacial score (nSPS) is 17.1. The van der Waals surface area contributed by atoms with Gasteiger partial charge in [-0.25, -0.2) is 0 Å². The lowest BCUT2D eigenvalue weighted by Crippen LogP contribution is -2.42. The SMILES string of the molecule is O=C(NC1CCNCC1)c1n[nH]c2ccc(-c3cncc(NC(=O)C4CC4)c3)cc12. The van der Waals surface area contributed by atoms with Gasteiger partial charge in [-0.15, -0.1) is 0 Å². The highest BCUT2D eigenvalue weighted by atomic mass is 16.2. The summed E-state index contributed by atoms with van der Waals surface area (Å²) >= 11 is 0. The second-order valence-electron chi connectivity index (χ2n) is 8.06. The molecule has 154 valence electrons. The number of pyridine rings is 1. The first-order chi connectivity index (χ1) is 14.7. The molecule has 8 heteroatoms. The smallest absolute Gasteiger partial charge is 0.272 e. The number of hydrogen-bond donors (Lipinski definition) is 4. The summed E-state index contributed by atoms with van der Waals surface area (Å²) in [6.07, 6.45) is 7.16. The van der Waals surface area contributed by atoms with E-state index < -0.39 is 0 Å². The van der Waals surface area contributed by atoms with Crippen molar-refractivity contribution in [3.8, 4) is 11.1 Å². The zero-order valence-corrected chi connectivity index (χ0v) is 16.6. The van der Waals surface area contributed by atoms with Crippen molar-refractivity contribution in [2.45, 2.75) is 31.7 Å². The molecule has 2 aromatic heterocycles. The van der Waals surface area contributed by atoms with Gasteiger partial charge < -0.3 is 16.0 Å². The van der Waals surface area contributed by atoms with Gasteiger partial charge >= 0.3 is 0 Å². The van der Waals surface area contributed by atoms with Crippen LogP contribution in [0.2, 0.25) is 0 Å². The molecule has 1 saturated heterocycles. The highest BCUT2D eigenvalue weighted by Gasteiger charge is 2.29. The summed E-state index contributed by atoms with van der Waals surface area (Å²) in [6, 6.07) is 7.89. The third kappa shape index (κ3) is 3.91. The van der Waals surface area contributed by atoms with Gasteiger partial charge in [-0.05, 0) is 62.5 Å². The molecule has 1 aliphatic carbocycles. The van der Waals surface area contributed by atoms with Crippen LogP contribution < -0.4 is 16.0 Å². The number of aromatic nitrogens is 3. The van der Waals surface area contributed by atoms with Crippen molar-refractivity contribution >= 4 is 28.4 Å². The summed E-state index contributed by atoms with van der Waals surface area (Å²) in [7, 11) is 0. The Balaban J connectivity index is 1.40. The molecule has 0 radical (unpaired) electrons. The number of rotatable bonds is 5. The molecule has 2 fully saturated rings. The molecule has 8 nitrogen and oxygen atoms in total. The number of anilines is 1. The first-order valence-electron chi connectivity index (χ1n) is 10.4. The Morgan fingerprint density at radius 3 is 2.63 bits per heavy atom. The van der Waals surface area contributed by atoms with Crippen molar-refractivity contribution in [3.63, 3.8) is 0 Å². The van der Waals surface area contributed by atoms with Gasteiger partial charge in [0.25, 0.3) is 5.91 Å². The van der Waals surface area contributed by atoms with Crippen LogP contribution >= 0.6 is 0 Å². The molecule has 1 aliphatic heterocycles. The lowest BCUT2D eigenvalue weighted by Gasteiger charge is -2.23. The summed E-state index contributed by atoms with van der Waals surface area (Å²) in [5, 5.41) is 17.3. The van der Waals surface area contributed by atoms with Gasteiger partial charge in [0, 0.05) is 29.1 Å². The van der Waals surface area contributed by atoms with Gasteiger partial charge in [-0.3, -0.25) is 19.7 Å². The third-order valence-electron chi connectivity index (χ3n) is 5.74. The predicted molar refractivity (Wildman–Crippen MR) is 114 cm³/mol. The minimum Gasteiger partial charge on any atom is -0.348 e. The standard InChI is InChI=1S/C22H24N6O2/c29-21(13-1-2-13)26-17-9-15(11-24-12-17)14-3-4-19-18(10-14)20(28-27-19)22(30)25-16-5-7-23-8-6-16/h3-4,9-13,16,23H,1-2,5-8H2,(H,25,30)(H,26,29)(H,27,28). The number of carbonyl (C=O) groups excluding carboxylic acids is 2. The maximum absolute atomic E-state index is 12.8. The van der Waals surface area contributed by atoms with E-state index in [1.54, 1.807) is 12.4 Å². The lowest BCUT2D eigenvalue weighted by molar-refractivity contribution is -0.117. The van der Waals surface area contributed by atoms with Crippen molar-refractivity contribution in [2.24, 2.45) is 5.92 Å². The average molecular weight is 404 g/mol. The van der Waals surface area contributed by atoms with Crippen LogP contribution in [0.1, 0.15) is 36.2 Å². The summed E-state index contributed by atoms with van der Waals surface area (Å²) in [6.45, 7) is 1.83. The van der Waals surface area contributed by atoms with Crippen LogP contribution in [0.15, 0.2) is 36.7 Å². The summed E-state index contributed by atoms with van der Waals surface area (Å²) < 4.78 is 0. The molecule has 2 aliphatic rings. The number of amides is 2. The molecule has 0 unspecified atom stereocenters. The zero-order valence-electron chi connectivity index (χ0n) is 16.6. The topological polar surface area (TPSA) is 112 Å². The van der Waals surface area contributed by atoms with Crippen molar-refractivity contribution in [2.75, 3.05) is 18.4 Å². The van der Waals surface area contributed by atoms with Gasteiger partial charge in [-0.2, -0.15) is 5.10 Å². The Morgan fingerprint density at radius 2 is 1.83 bits per heavy atom. The summed E-state index contributed by atoms with van der Waals surface area (Å²) in [4.78, 5) is 29.1. The minimum absolute atomic E-state index is 0.0520. The molecule has 30 heavy (non-hydrogen) atoms. The van der Waals surface area contributed by atoms with Crippen LogP contribution in [0.5, 0.6) is 0 Å². The van der Waals surface area contributed by atoms with E-state index in [-0.39, 0.29) is 23.8 Å². The van der Waals surface area contributed by atoms with E-state index in [9.17, 15) is 9.59 Å². The quantitative estimate of drug-likeness (QED) is 0.522. The second-order valence-corrected chi connectivity index (χ2v) is 8.06. The van der Waals surface area contributed by atoms with Crippen LogP contribution in [0, 0.1) is 5.92 Å². The van der Waals surface area contributed by atoms with E-state index in [0.29, 0.717) is 11.4 Å². The Kier molecular flexibility index (Phi) is 4.92. The number of hydrogen-bond acceptors (Lipinski definition) is 5. The molecule has 0 atom stereocenters. The number of H-pyrrole nitrogens is 1. The molecule has 4 N–H and O–H groups in total. The fourth-order valence-corrected chi connectivity index (χ4v) is 3.84. The fourth-order valence-electron chi connectivity index (χ4n) is 3.84. The largest absolute Gasteiger partial charge is 0.348 e. The van der Waals surface area contributed by atoms with Crippen LogP contribution in [-0.4, -0.2) is 46.1 Å². The number of aromatic amines is 1. The van der Waals surface area contributed by atoms with Gasteiger partial charge in [0.05, 0.1) is 17.4 Å². The third-order valence-corrected chi connectivity index (χ3v) is 5.74. The number of fused-ring (bicyclic) bond motifs is 1. The Bertz CT molecular complexity index is 1100. The van der Waals surface area contributed by atoms with Crippen molar-refractivity contribution in [3.05, 3.63) is 42.4 Å². The van der Waals surface area contributed by atoms with Gasteiger partial charge in [0.15, 0.2) is 5.69 Å². The van der Waals surface area contributed by atoms with Crippen molar-refractivity contribution in [1.29, 1.82) is 0 Å². The maximum atomic E-state index is 12.8. The number of nitrogens with zero attached hydrogens (tertiary/aromatic N) is 2. The van der Waals surface area contributed by atoms with Gasteiger partial charge in [-0.1, -0.05) is 6.07 Å². The number of benzene rings is 1. The first kappa shape index (κ1) is 18.7. The molecule has 5 rings (SSSR count). The monoisotopic (exact) mass is 404 g/mol. The Hall–Kier alpha value is -3.26. The van der Waals surface area contributed by atoms with E-state index in [1.807, 2.05) is 24.3 Å². The Morgan fingerprint density at radius 1 is 1.00 bits per heavy atom. The molecule has 3 heterocycles. The minimum atomic E-state index is -0.158. The number of nitrogens with one attached hydrogen (secondary N) is 4. The molecule has 2 amide bonds. The molecule has 0 spiro atoms. The van der Waals surface area contributed by atoms with Crippen molar-refractivity contribution in [1.82, 2.24) is 25.8 Å². The molecule has 1 saturated carbocycles. The molecule has 1 aromatic carbocycles. The highest BCUT2D eigenvalue weighted by molar-refractivity contribution is 6.05. The van der Waals surface area contributed by atoms with Crippen molar-refractivity contribution < 1.29 is 9.59 Å². The molecule has 3 aromatic rings. The van der Waals surface area contributed by atoms with E-state index in [0.717, 1.165) is 60.8 Å². The van der Waals surface area contributed by atoms with E-state index in [4.69, 9.17) is 0 Å². The first-order valence-corrected chi connectivity index (χ1v) is 10.4. The second kappa shape index (κ2) is 7.87. The summed E-state index contributed by atoms with van der Waals surface area (Å²) in [5.41, 5.74) is 3.67. The highest BCUT2D eigenvalue weighted by Crippen LogP contribution is 2.31.